The zero-order valence-corrected chi connectivity index (χ0v) is 12.1. The maximum atomic E-state index is 10.8. The van der Waals surface area contributed by atoms with Crippen molar-refractivity contribution in [3.8, 4) is 11.5 Å². The molecule has 0 heterocycles. The Balaban J connectivity index is 2.58. The molecule has 19 heavy (non-hydrogen) atoms. The number of halogens is 1. The van der Waals surface area contributed by atoms with Crippen molar-refractivity contribution in [1.82, 2.24) is 5.32 Å². The van der Waals surface area contributed by atoms with Gasteiger partial charge in [0, 0.05) is 12.1 Å². The Morgan fingerprint density at radius 2 is 2.16 bits per heavy atom. The Morgan fingerprint density at radius 3 is 2.79 bits per heavy atom. The molecule has 4 nitrogen and oxygen atoms in total. The fourth-order valence-corrected chi connectivity index (χ4v) is 1.85. The van der Waals surface area contributed by atoms with E-state index in [0.29, 0.717) is 35.0 Å². The van der Waals surface area contributed by atoms with Crippen LogP contribution in [0.1, 0.15) is 30.1 Å². The summed E-state index contributed by atoms with van der Waals surface area (Å²) in [7, 11) is 1.54. The van der Waals surface area contributed by atoms with Crippen LogP contribution in [-0.2, 0) is 0 Å². The summed E-state index contributed by atoms with van der Waals surface area (Å²) in [5.74, 6) is 0.954. The van der Waals surface area contributed by atoms with E-state index in [0.717, 1.165) is 25.9 Å². The molecule has 1 aromatic rings. The zero-order chi connectivity index (χ0) is 14.1. The van der Waals surface area contributed by atoms with Crippen molar-refractivity contribution in [3.05, 3.63) is 22.7 Å². The monoisotopic (exact) mass is 285 g/mol. The summed E-state index contributed by atoms with van der Waals surface area (Å²) in [6.45, 7) is 4.32. The zero-order valence-electron chi connectivity index (χ0n) is 11.4. The van der Waals surface area contributed by atoms with E-state index in [4.69, 9.17) is 21.1 Å². The Kier molecular flexibility index (Phi) is 7.30. The average molecular weight is 286 g/mol. The highest BCUT2D eigenvalue weighted by atomic mass is 35.5. The lowest BCUT2D eigenvalue weighted by Crippen LogP contribution is -2.22. The molecule has 0 atom stereocenters. The van der Waals surface area contributed by atoms with Gasteiger partial charge in [-0.1, -0.05) is 24.9 Å². The predicted molar refractivity (Wildman–Crippen MR) is 76.7 cm³/mol. The molecule has 0 radical (unpaired) electrons. The van der Waals surface area contributed by atoms with Crippen LogP contribution >= 0.6 is 11.6 Å². The summed E-state index contributed by atoms with van der Waals surface area (Å²) >= 11 is 6.10. The van der Waals surface area contributed by atoms with E-state index in [9.17, 15) is 4.79 Å². The lowest BCUT2D eigenvalue weighted by molar-refractivity contribution is 0.112. The minimum atomic E-state index is 0.294. The van der Waals surface area contributed by atoms with Gasteiger partial charge in [0.15, 0.2) is 17.8 Å². The van der Waals surface area contributed by atoms with Crippen LogP contribution in [0.3, 0.4) is 0 Å². The molecule has 0 amide bonds. The first-order chi connectivity index (χ1) is 9.24. The van der Waals surface area contributed by atoms with Crippen LogP contribution in [0.5, 0.6) is 11.5 Å². The van der Waals surface area contributed by atoms with Crippen LogP contribution in [0.4, 0.5) is 0 Å². The highest BCUT2D eigenvalue weighted by Gasteiger charge is 2.13. The van der Waals surface area contributed by atoms with Crippen molar-refractivity contribution in [2.75, 3.05) is 26.8 Å². The number of carbonyl (C=O) groups is 1. The third-order valence-corrected chi connectivity index (χ3v) is 3.06. The van der Waals surface area contributed by atoms with E-state index in [1.807, 2.05) is 0 Å². The van der Waals surface area contributed by atoms with Gasteiger partial charge >= 0.3 is 0 Å². The number of methoxy groups -OCH3 is 1. The van der Waals surface area contributed by atoms with Crippen LogP contribution in [0.15, 0.2) is 12.1 Å². The van der Waals surface area contributed by atoms with Crippen molar-refractivity contribution in [2.45, 2.75) is 19.8 Å². The third-order valence-electron chi connectivity index (χ3n) is 2.67. The number of rotatable bonds is 9. The minimum absolute atomic E-state index is 0.294. The Labute approximate surface area is 119 Å². The van der Waals surface area contributed by atoms with Crippen molar-refractivity contribution in [3.63, 3.8) is 0 Å². The molecule has 0 spiro atoms. The third kappa shape index (κ3) is 4.73. The second kappa shape index (κ2) is 8.77. The summed E-state index contributed by atoms with van der Waals surface area (Å²) in [6, 6.07) is 3.29. The Hall–Kier alpha value is -1.26. The summed E-state index contributed by atoms with van der Waals surface area (Å²) in [5.41, 5.74) is 0.399. The topological polar surface area (TPSA) is 47.6 Å². The van der Waals surface area contributed by atoms with Crippen LogP contribution in [0.2, 0.25) is 5.02 Å². The van der Waals surface area contributed by atoms with E-state index in [1.165, 1.54) is 0 Å². The number of aldehydes is 1. The largest absolute Gasteiger partial charge is 0.493 e. The molecular formula is C14H20ClNO3. The first-order valence-corrected chi connectivity index (χ1v) is 6.77. The summed E-state index contributed by atoms with van der Waals surface area (Å²) < 4.78 is 10.8. The smallest absolute Gasteiger partial charge is 0.180 e. The van der Waals surface area contributed by atoms with Crippen molar-refractivity contribution in [2.24, 2.45) is 0 Å². The van der Waals surface area contributed by atoms with E-state index in [2.05, 4.69) is 12.2 Å². The number of unbranched alkanes of at least 4 members (excludes halogenated alkanes) is 1. The number of nitrogens with one attached hydrogen (secondary N) is 1. The van der Waals surface area contributed by atoms with Crippen LogP contribution in [-0.4, -0.2) is 33.1 Å². The quantitative estimate of drug-likeness (QED) is 0.560. The van der Waals surface area contributed by atoms with Gasteiger partial charge in [-0.3, -0.25) is 4.79 Å². The molecule has 1 rings (SSSR count). The highest BCUT2D eigenvalue weighted by molar-refractivity contribution is 6.34. The SMILES string of the molecule is CCCCNCCOc1c(OC)ccc(C=O)c1Cl. The lowest BCUT2D eigenvalue weighted by atomic mass is 10.2. The summed E-state index contributed by atoms with van der Waals surface area (Å²) in [6.07, 6.45) is 3.01. The van der Waals surface area contributed by atoms with Gasteiger partial charge in [-0.15, -0.1) is 0 Å². The molecule has 0 aliphatic heterocycles. The molecule has 1 N–H and O–H groups in total. The molecule has 1 aromatic carbocycles. The van der Waals surface area contributed by atoms with Gasteiger partial charge in [-0.25, -0.2) is 0 Å². The van der Waals surface area contributed by atoms with Crippen LogP contribution in [0, 0.1) is 0 Å². The number of ether oxygens (including phenoxy) is 2. The molecule has 0 aliphatic carbocycles. The number of hydrogen-bond donors (Lipinski definition) is 1. The lowest BCUT2D eigenvalue weighted by Gasteiger charge is -2.13. The molecule has 0 saturated heterocycles. The molecule has 0 saturated carbocycles. The second-order valence-electron chi connectivity index (χ2n) is 4.07. The first-order valence-electron chi connectivity index (χ1n) is 6.39. The number of carbonyl (C=O) groups excluding carboxylic acids is 1. The molecule has 0 aliphatic rings. The average Bonchev–Trinajstić information content (AvgIpc) is 2.43. The van der Waals surface area contributed by atoms with Crippen molar-refractivity contribution < 1.29 is 14.3 Å². The predicted octanol–water partition coefficient (Wildman–Crippen LogP) is 2.93. The Bertz CT molecular complexity index is 410. The van der Waals surface area contributed by atoms with Gasteiger partial charge in [0.1, 0.15) is 6.61 Å². The van der Waals surface area contributed by atoms with Crippen molar-refractivity contribution in [1.29, 1.82) is 0 Å². The van der Waals surface area contributed by atoms with Crippen molar-refractivity contribution >= 4 is 17.9 Å². The standard InChI is InChI=1S/C14H20ClNO3/c1-3-4-7-16-8-9-19-14-12(18-2)6-5-11(10-17)13(14)15/h5-6,10,16H,3-4,7-9H2,1-2H3. The molecule has 0 fully saturated rings. The molecule has 106 valence electrons. The van der Waals surface area contributed by atoms with E-state index < -0.39 is 0 Å². The normalized spacial score (nSPS) is 10.3. The van der Waals surface area contributed by atoms with Crippen LogP contribution < -0.4 is 14.8 Å². The molecule has 0 unspecified atom stereocenters. The second-order valence-corrected chi connectivity index (χ2v) is 4.45. The molecular weight excluding hydrogens is 266 g/mol. The van der Waals surface area contributed by atoms with Gasteiger partial charge in [-0.2, -0.15) is 0 Å². The molecule has 0 aromatic heterocycles. The summed E-state index contributed by atoms with van der Waals surface area (Å²) in [5, 5.41) is 3.56. The fraction of sp³-hybridized carbons (Fsp3) is 0.500. The summed E-state index contributed by atoms with van der Waals surface area (Å²) in [4.78, 5) is 10.8. The number of hydrogen-bond acceptors (Lipinski definition) is 4. The van der Waals surface area contributed by atoms with E-state index >= 15 is 0 Å². The van der Waals surface area contributed by atoms with E-state index in [-0.39, 0.29) is 0 Å². The van der Waals surface area contributed by atoms with Gasteiger partial charge in [0.25, 0.3) is 0 Å². The molecule has 5 heteroatoms. The van der Waals surface area contributed by atoms with Gasteiger partial charge < -0.3 is 14.8 Å². The molecule has 0 bridgehead atoms. The minimum Gasteiger partial charge on any atom is -0.493 e. The Morgan fingerprint density at radius 1 is 1.37 bits per heavy atom. The maximum Gasteiger partial charge on any atom is 0.180 e. The fourth-order valence-electron chi connectivity index (χ4n) is 1.59. The maximum absolute atomic E-state index is 10.8. The number of benzene rings is 1. The van der Waals surface area contributed by atoms with Gasteiger partial charge in [0.05, 0.1) is 12.1 Å². The van der Waals surface area contributed by atoms with E-state index in [1.54, 1.807) is 19.2 Å². The highest BCUT2D eigenvalue weighted by Crippen LogP contribution is 2.36. The van der Waals surface area contributed by atoms with Crippen LogP contribution in [0.25, 0.3) is 0 Å². The van der Waals surface area contributed by atoms with Gasteiger partial charge in [0.2, 0.25) is 0 Å². The van der Waals surface area contributed by atoms with Gasteiger partial charge in [-0.05, 0) is 25.1 Å². The first kappa shape index (κ1) is 15.8.